The summed E-state index contributed by atoms with van der Waals surface area (Å²) in [6, 6.07) is 26.3. The topological polar surface area (TPSA) is 51.5 Å². The molecule has 4 heterocycles. The maximum absolute atomic E-state index is 6.14. The van der Waals surface area contributed by atoms with Crippen molar-refractivity contribution in [2.24, 2.45) is 0 Å². The lowest BCUT2D eigenvalue weighted by Gasteiger charge is -2.29. The van der Waals surface area contributed by atoms with Gasteiger partial charge in [-0.2, -0.15) is 0 Å². The van der Waals surface area contributed by atoms with Crippen LogP contribution in [0.5, 0.6) is 11.5 Å². The van der Waals surface area contributed by atoms with Crippen LogP contribution in [0.25, 0.3) is 0 Å². The van der Waals surface area contributed by atoms with Crippen LogP contribution < -0.4 is 15.0 Å². The first kappa shape index (κ1) is 23.7. The van der Waals surface area contributed by atoms with Crippen molar-refractivity contribution in [3.8, 4) is 11.5 Å². The van der Waals surface area contributed by atoms with Gasteiger partial charge < -0.3 is 24.3 Å². The predicted octanol–water partition coefficient (Wildman–Crippen LogP) is 6.34. The number of aromatic nitrogens is 2. The van der Waals surface area contributed by atoms with E-state index in [1.165, 1.54) is 5.69 Å². The second-order valence-electron chi connectivity index (χ2n) is 9.58. The van der Waals surface area contributed by atoms with Crippen LogP contribution in [0, 0.1) is 6.92 Å². The zero-order chi connectivity index (χ0) is 25.2. The summed E-state index contributed by atoms with van der Waals surface area (Å²) in [6.45, 7) is 3.72. The molecule has 0 saturated carbocycles. The highest BCUT2D eigenvalue weighted by molar-refractivity contribution is 7.80. The van der Waals surface area contributed by atoms with Crippen molar-refractivity contribution in [2.75, 3.05) is 11.5 Å². The van der Waals surface area contributed by atoms with Gasteiger partial charge in [-0.25, -0.2) is 0 Å². The number of hydrogen-bond donors (Lipinski definition) is 1. The Bertz CT molecular complexity index is 1370. The van der Waals surface area contributed by atoms with Gasteiger partial charge in [0.25, 0.3) is 0 Å². The van der Waals surface area contributed by atoms with Gasteiger partial charge in [-0.3, -0.25) is 4.98 Å². The summed E-state index contributed by atoms with van der Waals surface area (Å²) in [5.74, 6) is 1.64. The number of para-hydroxylation sites is 1. The smallest absolute Gasteiger partial charge is 0.174 e. The van der Waals surface area contributed by atoms with Crippen LogP contribution in [-0.4, -0.2) is 27.4 Å². The third-order valence-electron chi connectivity index (χ3n) is 7.13. The maximum atomic E-state index is 6.14. The minimum Gasteiger partial charge on any atom is -0.457 e. The molecular weight excluding hydrogens is 480 g/mol. The van der Waals surface area contributed by atoms with Gasteiger partial charge >= 0.3 is 0 Å². The Hall–Kier alpha value is -3.68. The molecule has 2 aliphatic rings. The third-order valence-corrected chi connectivity index (χ3v) is 7.44. The van der Waals surface area contributed by atoms with Gasteiger partial charge in [0.15, 0.2) is 5.11 Å². The standard InChI is InChI=1S/C30H30N4O2S/c1-21-8-2-3-12-27(21)36-23-15-13-22(14-16-23)34-29(28(32-30(34)37)25-10-4-5-17-31-25)26-11-6-18-33(26)20-24-9-7-19-35-24/h2-6,8,10-18,24,28-29H,7,9,19-20H2,1H3,(H,32,37)/t24-,28-,29-/m0/s1. The molecule has 0 aliphatic carbocycles. The van der Waals surface area contributed by atoms with Crippen molar-refractivity contribution >= 4 is 23.0 Å². The molecule has 1 N–H and O–H groups in total. The lowest BCUT2D eigenvalue weighted by Crippen LogP contribution is -2.31. The van der Waals surface area contributed by atoms with E-state index in [1.54, 1.807) is 0 Å². The first-order valence-electron chi connectivity index (χ1n) is 12.8. The summed E-state index contributed by atoms with van der Waals surface area (Å²) >= 11 is 5.91. The molecule has 37 heavy (non-hydrogen) atoms. The van der Waals surface area contributed by atoms with Gasteiger partial charge in [0, 0.05) is 36.9 Å². The van der Waals surface area contributed by atoms with Crippen molar-refractivity contribution in [2.45, 2.75) is 44.5 Å². The molecule has 2 saturated heterocycles. The van der Waals surface area contributed by atoms with E-state index in [2.05, 4.69) is 56.3 Å². The lowest BCUT2D eigenvalue weighted by molar-refractivity contribution is 0.0961. The molecule has 0 unspecified atom stereocenters. The highest BCUT2D eigenvalue weighted by Crippen LogP contribution is 2.42. The van der Waals surface area contributed by atoms with Crippen LogP contribution in [0.15, 0.2) is 91.3 Å². The van der Waals surface area contributed by atoms with E-state index < -0.39 is 0 Å². The van der Waals surface area contributed by atoms with Gasteiger partial charge in [0.1, 0.15) is 17.5 Å². The zero-order valence-electron chi connectivity index (χ0n) is 20.8. The first-order chi connectivity index (χ1) is 18.2. The van der Waals surface area contributed by atoms with Crippen LogP contribution in [0.4, 0.5) is 5.69 Å². The molecule has 2 aromatic heterocycles. The van der Waals surface area contributed by atoms with Crippen LogP contribution in [-0.2, 0) is 11.3 Å². The van der Waals surface area contributed by atoms with Crippen molar-refractivity contribution in [3.63, 3.8) is 0 Å². The number of rotatable bonds is 7. The van der Waals surface area contributed by atoms with Crippen LogP contribution in [0.3, 0.4) is 0 Å². The summed E-state index contributed by atoms with van der Waals surface area (Å²) in [4.78, 5) is 6.88. The second-order valence-corrected chi connectivity index (χ2v) is 9.97. The van der Waals surface area contributed by atoms with Crippen molar-refractivity contribution < 1.29 is 9.47 Å². The Morgan fingerprint density at radius 1 is 1.03 bits per heavy atom. The SMILES string of the molecule is Cc1ccccc1Oc1ccc(N2C(=S)N[C@@H](c3ccccn3)[C@@H]2c2cccn2C[C@@H]2CCCO2)cc1. The largest absolute Gasteiger partial charge is 0.457 e. The quantitative estimate of drug-likeness (QED) is 0.293. The first-order valence-corrected chi connectivity index (χ1v) is 13.2. The zero-order valence-corrected chi connectivity index (χ0v) is 21.6. The second kappa shape index (κ2) is 10.4. The van der Waals surface area contributed by atoms with E-state index in [0.717, 1.165) is 54.4 Å². The monoisotopic (exact) mass is 510 g/mol. The number of nitrogens with one attached hydrogen (secondary N) is 1. The molecule has 4 aromatic rings. The number of thiocarbonyl (C=S) groups is 1. The highest BCUT2D eigenvalue weighted by atomic mass is 32.1. The Morgan fingerprint density at radius 2 is 1.86 bits per heavy atom. The number of anilines is 1. The number of benzene rings is 2. The third kappa shape index (κ3) is 4.84. The average molecular weight is 511 g/mol. The van der Waals surface area contributed by atoms with Gasteiger partial charge in [-0.05, 0) is 92.1 Å². The Labute approximate surface area is 222 Å². The number of nitrogens with zero attached hydrogens (tertiary/aromatic N) is 3. The number of aryl methyl sites for hydroxylation is 1. The summed E-state index contributed by atoms with van der Waals surface area (Å²) < 4.78 is 14.4. The fourth-order valence-corrected chi connectivity index (χ4v) is 5.62. The molecule has 2 aromatic carbocycles. The van der Waals surface area contributed by atoms with E-state index in [0.29, 0.717) is 5.11 Å². The van der Waals surface area contributed by atoms with E-state index >= 15 is 0 Å². The van der Waals surface area contributed by atoms with E-state index in [-0.39, 0.29) is 18.2 Å². The molecule has 188 valence electrons. The summed E-state index contributed by atoms with van der Waals surface area (Å²) in [7, 11) is 0. The number of pyridine rings is 1. The normalized spacial score (nSPS) is 21.3. The van der Waals surface area contributed by atoms with E-state index in [1.807, 2.05) is 61.7 Å². The van der Waals surface area contributed by atoms with Crippen molar-refractivity contribution in [3.05, 3.63) is 108 Å². The molecule has 6 rings (SSSR count). The molecule has 0 bridgehead atoms. The Morgan fingerprint density at radius 3 is 2.62 bits per heavy atom. The van der Waals surface area contributed by atoms with Gasteiger partial charge in [-0.15, -0.1) is 0 Å². The minimum absolute atomic E-state index is 0.0676. The molecule has 0 radical (unpaired) electrons. The van der Waals surface area contributed by atoms with E-state index in [9.17, 15) is 0 Å². The van der Waals surface area contributed by atoms with E-state index in [4.69, 9.17) is 21.7 Å². The van der Waals surface area contributed by atoms with Gasteiger partial charge in [0.05, 0.1) is 17.8 Å². The summed E-state index contributed by atoms with van der Waals surface area (Å²) in [5, 5.41) is 4.24. The summed E-state index contributed by atoms with van der Waals surface area (Å²) in [6.07, 6.45) is 6.44. The molecule has 0 spiro atoms. The number of ether oxygens (including phenoxy) is 2. The molecule has 0 amide bonds. The minimum atomic E-state index is -0.0882. The maximum Gasteiger partial charge on any atom is 0.174 e. The molecule has 7 heteroatoms. The molecule has 3 atom stereocenters. The number of hydrogen-bond acceptors (Lipinski definition) is 4. The Kier molecular flexibility index (Phi) is 6.64. The average Bonchev–Trinajstić information content (AvgIpc) is 3.67. The van der Waals surface area contributed by atoms with Crippen LogP contribution in [0.2, 0.25) is 0 Å². The predicted molar refractivity (Wildman–Crippen MR) is 149 cm³/mol. The van der Waals surface area contributed by atoms with Gasteiger partial charge in [-0.1, -0.05) is 24.3 Å². The van der Waals surface area contributed by atoms with Crippen molar-refractivity contribution in [1.82, 2.24) is 14.9 Å². The van der Waals surface area contributed by atoms with Gasteiger partial charge in [0.2, 0.25) is 0 Å². The van der Waals surface area contributed by atoms with Crippen LogP contribution in [0.1, 0.15) is 41.9 Å². The highest BCUT2D eigenvalue weighted by Gasteiger charge is 2.42. The summed E-state index contributed by atoms with van der Waals surface area (Å²) in [5.41, 5.74) is 4.24. The van der Waals surface area contributed by atoms with Crippen LogP contribution >= 0.6 is 12.2 Å². The fraction of sp³-hybridized carbons (Fsp3) is 0.267. The lowest BCUT2D eigenvalue weighted by atomic mass is 10.0. The fourth-order valence-electron chi connectivity index (χ4n) is 5.28. The molecule has 2 aliphatic heterocycles. The Balaban J connectivity index is 1.34. The molecule has 2 fully saturated rings. The molecular formula is C30H30N4O2S. The van der Waals surface area contributed by atoms with Crippen molar-refractivity contribution in [1.29, 1.82) is 0 Å². The molecule has 6 nitrogen and oxygen atoms in total.